The Labute approximate surface area is 93.8 Å². The highest BCUT2D eigenvalue weighted by Crippen LogP contribution is 2.14. The van der Waals surface area contributed by atoms with Gasteiger partial charge in [-0.1, -0.05) is 0 Å². The normalized spacial score (nSPS) is 8.73. The molecule has 2 aromatic heterocycles. The van der Waals surface area contributed by atoms with Gasteiger partial charge in [-0.25, -0.2) is 0 Å². The molecule has 0 bridgehead atoms. The van der Waals surface area contributed by atoms with Crippen molar-refractivity contribution in [3.05, 3.63) is 48.4 Å². The Hall–Kier alpha value is -1.92. The Morgan fingerprint density at radius 3 is 2.33 bits per heavy atom. The number of halogens is 1. The van der Waals surface area contributed by atoms with E-state index in [9.17, 15) is 0 Å². The second-order valence-electron chi connectivity index (χ2n) is 2.78. The summed E-state index contributed by atoms with van der Waals surface area (Å²) >= 11 is 0. The van der Waals surface area contributed by atoms with E-state index in [4.69, 9.17) is 5.26 Å². The number of rotatable bonds is 1. The van der Waals surface area contributed by atoms with Crippen molar-refractivity contribution in [2.75, 3.05) is 0 Å². The molecular weight excluding hydrogens is 210 g/mol. The number of aromatic nitrogens is 2. The zero-order chi connectivity index (χ0) is 9.80. The summed E-state index contributed by atoms with van der Waals surface area (Å²) in [6, 6.07) is 9.38. The first-order valence-corrected chi connectivity index (χ1v) is 4.17. The van der Waals surface area contributed by atoms with E-state index in [-0.39, 0.29) is 12.4 Å². The first kappa shape index (κ1) is 11.2. The van der Waals surface area contributed by atoms with Gasteiger partial charge < -0.3 is 0 Å². The van der Waals surface area contributed by atoms with Gasteiger partial charge in [0, 0.05) is 24.2 Å². The fourth-order valence-electron chi connectivity index (χ4n) is 1.15. The molecule has 3 nitrogen and oxygen atoms in total. The maximum Gasteiger partial charge on any atom is 0.101 e. The summed E-state index contributed by atoms with van der Waals surface area (Å²) in [5.74, 6) is 0. The quantitative estimate of drug-likeness (QED) is 0.737. The molecule has 0 fully saturated rings. The Kier molecular flexibility index (Phi) is 3.78. The molecule has 0 radical (unpaired) electrons. The molecule has 4 heteroatoms. The van der Waals surface area contributed by atoms with Crippen LogP contribution in [-0.4, -0.2) is 9.97 Å². The minimum absolute atomic E-state index is 0. The SMILES string of the molecule is Cl.N#Cc1ccc(-c2ccncc2)nc1. The van der Waals surface area contributed by atoms with Crippen molar-refractivity contribution < 1.29 is 0 Å². The van der Waals surface area contributed by atoms with Gasteiger partial charge in [0.2, 0.25) is 0 Å². The Morgan fingerprint density at radius 2 is 1.80 bits per heavy atom. The van der Waals surface area contributed by atoms with Gasteiger partial charge in [0.15, 0.2) is 0 Å². The molecule has 74 valence electrons. The van der Waals surface area contributed by atoms with Crippen LogP contribution in [0.1, 0.15) is 5.56 Å². The highest BCUT2D eigenvalue weighted by molar-refractivity contribution is 5.85. The van der Waals surface area contributed by atoms with Crippen molar-refractivity contribution in [1.82, 2.24) is 9.97 Å². The average Bonchev–Trinajstić information content (AvgIpc) is 2.30. The Bertz CT molecular complexity index is 459. The van der Waals surface area contributed by atoms with Gasteiger partial charge in [0.25, 0.3) is 0 Å². The minimum atomic E-state index is 0. The molecule has 0 amide bonds. The molecule has 2 heterocycles. The summed E-state index contributed by atoms with van der Waals surface area (Å²) in [5.41, 5.74) is 2.43. The number of hydrogen-bond donors (Lipinski definition) is 0. The molecule has 0 unspecified atom stereocenters. The van der Waals surface area contributed by atoms with Crippen LogP contribution in [0.15, 0.2) is 42.9 Å². The lowest BCUT2D eigenvalue weighted by atomic mass is 10.1. The molecule has 0 aromatic carbocycles. The molecule has 2 aromatic rings. The van der Waals surface area contributed by atoms with Crippen LogP contribution in [-0.2, 0) is 0 Å². The summed E-state index contributed by atoms with van der Waals surface area (Å²) in [6.07, 6.45) is 5.00. The summed E-state index contributed by atoms with van der Waals surface area (Å²) in [4.78, 5) is 8.09. The monoisotopic (exact) mass is 217 g/mol. The third-order valence-electron chi connectivity index (χ3n) is 1.87. The average molecular weight is 218 g/mol. The van der Waals surface area contributed by atoms with Crippen LogP contribution in [0.2, 0.25) is 0 Å². The predicted octanol–water partition coefficient (Wildman–Crippen LogP) is 2.44. The third-order valence-corrected chi connectivity index (χ3v) is 1.87. The van der Waals surface area contributed by atoms with Crippen molar-refractivity contribution in [3.8, 4) is 17.3 Å². The van der Waals surface area contributed by atoms with Crippen molar-refractivity contribution in [1.29, 1.82) is 5.26 Å². The maximum atomic E-state index is 8.60. The number of pyridine rings is 2. The second kappa shape index (κ2) is 5.08. The van der Waals surface area contributed by atoms with Crippen LogP contribution in [0.4, 0.5) is 0 Å². The van der Waals surface area contributed by atoms with Crippen LogP contribution in [0.3, 0.4) is 0 Å². The molecule has 0 N–H and O–H groups in total. The fourth-order valence-corrected chi connectivity index (χ4v) is 1.15. The molecule has 0 spiro atoms. The van der Waals surface area contributed by atoms with Gasteiger partial charge in [-0.05, 0) is 24.3 Å². The van der Waals surface area contributed by atoms with Gasteiger partial charge >= 0.3 is 0 Å². The molecule has 15 heavy (non-hydrogen) atoms. The second-order valence-corrected chi connectivity index (χ2v) is 2.78. The van der Waals surface area contributed by atoms with E-state index in [1.54, 1.807) is 24.7 Å². The Morgan fingerprint density at radius 1 is 1.07 bits per heavy atom. The first-order valence-electron chi connectivity index (χ1n) is 4.17. The zero-order valence-electron chi connectivity index (χ0n) is 7.79. The number of hydrogen-bond acceptors (Lipinski definition) is 3. The van der Waals surface area contributed by atoms with Gasteiger partial charge in [-0.2, -0.15) is 5.26 Å². The van der Waals surface area contributed by atoms with Crippen molar-refractivity contribution >= 4 is 12.4 Å². The van der Waals surface area contributed by atoms with E-state index in [1.807, 2.05) is 24.3 Å². The maximum absolute atomic E-state index is 8.60. The van der Waals surface area contributed by atoms with Crippen LogP contribution in [0.25, 0.3) is 11.3 Å². The molecule has 0 aliphatic rings. The van der Waals surface area contributed by atoms with Crippen LogP contribution in [0.5, 0.6) is 0 Å². The van der Waals surface area contributed by atoms with E-state index in [0.29, 0.717) is 5.56 Å². The fraction of sp³-hybridized carbons (Fsp3) is 0. The molecule has 0 saturated heterocycles. The number of nitriles is 1. The molecule has 0 saturated carbocycles. The Balaban J connectivity index is 0.00000112. The summed E-state index contributed by atoms with van der Waals surface area (Å²) < 4.78 is 0. The van der Waals surface area contributed by atoms with E-state index in [2.05, 4.69) is 9.97 Å². The minimum Gasteiger partial charge on any atom is -0.265 e. The highest BCUT2D eigenvalue weighted by Gasteiger charge is 1.97. The molecule has 0 aliphatic carbocycles. The van der Waals surface area contributed by atoms with Gasteiger partial charge in [-0.3, -0.25) is 9.97 Å². The van der Waals surface area contributed by atoms with Crippen LogP contribution in [0, 0.1) is 11.3 Å². The zero-order valence-corrected chi connectivity index (χ0v) is 8.61. The molecule has 0 aliphatic heterocycles. The molecule has 0 atom stereocenters. The van der Waals surface area contributed by atoms with Crippen LogP contribution >= 0.6 is 12.4 Å². The van der Waals surface area contributed by atoms with Crippen molar-refractivity contribution in [3.63, 3.8) is 0 Å². The lowest BCUT2D eigenvalue weighted by Gasteiger charge is -1.98. The van der Waals surface area contributed by atoms with E-state index >= 15 is 0 Å². The number of nitrogens with zero attached hydrogens (tertiary/aromatic N) is 3. The largest absolute Gasteiger partial charge is 0.265 e. The summed E-state index contributed by atoms with van der Waals surface area (Å²) in [7, 11) is 0. The summed E-state index contributed by atoms with van der Waals surface area (Å²) in [6.45, 7) is 0. The topological polar surface area (TPSA) is 49.6 Å². The van der Waals surface area contributed by atoms with Crippen LogP contribution < -0.4 is 0 Å². The summed E-state index contributed by atoms with van der Waals surface area (Å²) in [5, 5.41) is 8.60. The van der Waals surface area contributed by atoms with E-state index in [0.717, 1.165) is 11.3 Å². The predicted molar refractivity (Wildman–Crippen MR) is 59.4 cm³/mol. The van der Waals surface area contributed by atoms with Crippen molar-refractivity contribution in [2.45, 2.75) is 0 Å². The molecule has 2 rings (SSSR count). The van der Waals surface area contributed by atoms with E-state index < -0.39 is 0 Å². The van der Waals surface area contributed by atoms with Gasteiger partial charge in [0.05, 0.1) is 11.3 Å². The van der Waals surface area contributed by atoms with Crippen molar-refractivity contribution in [2.24, 2.45) is 0 Å². The lowest BCUT2D eigenvalue weighted by molar-refractivity contribution is 1.27. The third kappa shape index (κ3) is 2.52. The van der Waals surface area contributed by atoms with Gasteiger partial charge in [0.1, 0.15) is 6.07 Å². The first-order chi connectivity index (χ1) is 6.90. The lowest BCUT2D eigenvalue weighted by Crippen LogP contribution is -1.84. The molecular formula is C11H8ClN3. The van der Waals surface area contributed by atoms with E-state index in [1.165, 1.54) is 0 Å². The standard InChI is InChI=1S/C11H7N3.ClH/c12-7-9-1-2-11(14-8-9)10-3-5-13-6-4-10;/h1-6,8H;1H. The highest BCUT2D eigenvalue weighted by atomic mass is 35.5. The smallest absolute Gasteiger partial charge is 0.101 e. The van der Waals surface area contributed by atoms with Gasteiger partial charge in [-0.15, -0.1) is 12.4 Å².